The molecule has 2 rings (SSSR count). The van der Waals surface area contributed by atoms with Crippen molar-refractivity contribution in [2.24, 2.45) is 0 Å². The zero-order chi connectivity index (χ0) is 10.4. The summed E-state index contributed by atoms with van der Waals surface area (Å²) in [6.45, 7) is -3.40. The normalized spacial score (nSPS) is 47.2. The van der Waals surface area contributed by atoms with Crippen LogP contribution in [0.15, 0.2) is 0 Å². The number of hydrogen-bond donors (Lipinski definition) is 1. The quantitative estimate of drug-likeness (QED) is 0.527. The average molecular weight is 147 g/mol. The lowest BCUT2D eigenvalue weighted by Gasteiger charge is -2.31. The van der Waals surface area contributed by atoms with E-state index in [1.807, 2.05) is 0 Å². The Morgan fingerprint density at radius 3 is 2.40 bits per heavy atom. The van der Waals surface area contributed by atoms with Gasteiger partial charge in [-0.25, -0.2) is 0 Å². The van der Waals surface area contributed by atoms with Crippen molar-refractivity contribution in [1.29, 1.82) is 0 Å². The van der Waals surface area contributed by atoms with Crippen molar-refractivity contribution in [3.63, 3.8) is 0 Å². The van der Waals surface area contributed by atoms with E-state index in [-0.39, 0.29) is 0 Å². The number of piperidine rings is 1. The van der Waals surface area contributed by atoms with Crippen LogP contribution in [0.25, 0.3) is 0 Å². The molecule has 3 heteroatoms. The molecular weight excluding hydrogens is 130 g/mol. The molecule has 0 radical (unpaired) electrons. The van der Waals surface area contributed by atoms with Gasteiger partial charge in [0, 0.05) is 25.9 Å². The Hall–Kier alpha value is -0.120. The number of nitrogens with one attached hydrogen (secondary N) is 1. The van der Waals surface area contributed by atoms with E-state index >= 15 is 0 Å². The molecule has 0 bridgehead atoms. The Morgan fingerprint density at radius 1 is 1.20 bits per heavy atom. The fourth-order valence-corrected chi connectivity index (χ4v) is 1.26. The highest BCUT2D eigenvalue weighted by molar-refractivity contribution is 4.80. The van der Waals surface area contributed by atoms with Crippen molar-refractivity contribution in [1.82, 2.24) is 5.32 Å². The summed E-state index contributed by atoms with van der Waals surface area (Å²) in [6.07, 6.45) is 0.956. The summed E-state index contributed by atoms with van der Waals surface area (Å²) >= 11 is 0. The SMILES string of the molecule is [2H]C1([2H])OC2(CCNCC2)OC1([2H])[2H]. The van der Waals surface area contributed by atoms with Gasteiger partial charge in [-0.05, 0) is 0 Å². The van der Waals surface area contributed by atoms with Crippen LogP contribution < -0.4 is 5.32 Å². The fourth-order valence-electron chi connectivity index (χ4n) is 1.26. The smallest absolute Gasteiger partial charge is 0.170 e. The van der Waals surface area contributed by atoms with E-state index in [9.17, 15) is 0 Å². The zero-order valence-corrected chi connectivity index (χ0v) is 5.64. The van der Waals surface area contributed by atoms with Crippen LogP contribution in [-0.2, 0) is 9.47 Å². The van der Waals surface area contributed by atoms with E-state index < -0.39 is 18.9 Å². The molecule has 0 amide bonds. The summed E-state index contributed by atoms with van der Waals surface area (Å²) in [5, 5.41) is 3.09. The standard InChI is InChI=1S/C7H13NO2/c1-3-8-4-2-7(1)9-5-6-10-7/h8H,1-6H2/i5D2,6D2. The third-order valence-corrected chi connectivity index (χ3v) is 1.88. The molecule has 2 fully saturated rings. The van der Waals surface area contributed by atoms with Crippen LogP contribution in [0.3, 0.4) is 0 Å². The van der Waals surface area contributed by atoms with Crippen molar-refractivity contribution in [3.05, 3.63) is 0 Å². The maximum Gasteiger partial charge on any atom is 0.170 e. The van der Waals surface area contributed by atoms with Crippen LogP contribution in [0.1, 0.15) is 18.3 Å². The van der Waals surface area contributed by atoms with Crippen molar-refractivity contribution in [2.45, 2.75) is 18.6 Å². The van der Waals surface area contributed by atoms with Crippen LogP contribution in [0.5, 0.6) is 0 Å². The summed E-state index contributed by atoms with van der Waals surface area (Å²) < 4.78 is 39.7. The predicted octanol–water partition coefficient (Wildman–Crippen LogP) is 0.113. The molecular formula is C7H13NO2. The van der Waals surface area contributed by atoms with Gasteiger partial charge in [0.2, 0.25) is 0 Å². The summed E-state index contributed by atoms with van der Waals surface area (Å²) in [5.41, 5.74) is 0. The van der Waals surface area contributed by atoms with Gasteiger partial charge in [0.1, 0.15) is 0 Å². The Labute approximate surface area is 66.3 Å². The molecule has 2 aliphatic heterocycles. The van der Waals surface area contributed by atoms with Gasteiger partial charge >= 0.3 is 0 Å². The van der Waals surface area contributed by atoms with Gasteiger partial charge in [0.05, 0.1) is 18.6 Å². The minimum Gasteiger partial charge on any atom is -0.347 e. The lowest BCUT2D eigenvalue weighted by atomic mass is 10.1. The summed E-state index contributed by atoms with van der Waals surface area (Å²) in [6, 6.07) is 0. The Bertz CT molecular complexity index is 222. The van der Waals surface area contributed by atoms with Crippen molar-refractivity contribution < 1.29 is 15.0 Å². The molecule has 2 aliphatic rings. The first kappa shape index (κ1) is 3.52. The molecule has 0 aromatic carbocycles. The van der Waals surface area contributed by atoms with Gasteiger partial charge in [-0.2, -0.15) is 0 Å². The molecule has 0 atom stereocenters. The first-order chi connectivity index (χ1) is 6.37. The Kier molecular flexibility index (Phi) is 0.876. The summed E-state index contributed by atoms with van der Waals surface area (Å²) in [5.74, 6) is -1.07. The summed E-state index contributed by atoms with van der Waals surface area (Å²) in [7, 11) is 0. The molecule has 0 aliphatic carbocycles. The number of rotatable bonds is 0. The molecule has 0 aromatic heterocycles. The molecule has 10 heavy (non-hydrogen) atoms. The molecule has 2 heterocycles. The van der Waals surface area contributed by atoms with Crippen molar-refractivity contribution in [3.8, 4) is 0 Å². The highest BCUT2D eigenvalue weighted by Crippen LogP contribution is 2.28. The van der Waals surface area contributed by atoms with E-state index in [4.69, 9.17) is 15.0 Å². The van der Waals surface area contributed by atoms with Crippen LogP contribution in [0.4, 0.5) is 0 Å². The molecule has 1 spiro atoms. The largest absolute Gasteiger partial charge is 0.347 e. The molecule has 0 unspecified atom stereocenters. The van der Waals surface area contributed by atoms with Crippen molar-refractivity contribution in [2.75, 3.05) is 26.2 Å². The Morgan fingerprint density at radius 2 is 1.80 bits per heavy atom. The third kappa shape index (κ3) is 1.05. The van der Waals surface area contributed by atoms with Gasteiger partial charge in [-0.1, -0.05) is 0 Å². The predicted molar refractivity (Wildman–Crippen MR) is 36.7 cm³/mol. The van der Waals surface area contributed by atoms with E-state index in [1.165, 1.54) is 0 Å². The minimum absolute atomic E-state index is 0.478. The van der Waals surface area contributed by atoms with Gasteiger partial charge in [-0.3, -0.25) is 0 Å². The van der Waals surface area contributed by atoms with Crippen molar-refractivity contribution >= 4 is 0 Å². The second kappa shape index (κ2) is 2.49. The van der Waals surface area contributed by atoms with E-state index in [0.29, 0.717) is 25.9 Å². The second-order valence-electron chi connectivity index (χ2n) is 2.57. The number of hydrogen-bond acceptors (Lipinski definition) is 3. The molecule has 0 aromatic rings. The van der Waals surface area contributed by atoms with E-state index in [2.05, 4.69) is 5.32 Å². The zero-order valence-electron chi connectivity index (χ0n) is 9.64. The molecule has 0 saturated carbocycles. The van der Waals surface area contributed by atoms with Crippen LogP contribution in [0.2, 0.25) is 0 Å². The van der Waals surface area contributed by atoms with Crippen LogP contribution in [-0.4, -0.2) is 32.0 Å². The maximum atomic E-state index is 7.37. The highest BCUT2D eigenvalue weighted by atomic mass is 16.7. The van der Waals surface area contributed by atoms with E-state index in [1.54, 1.807) is 0 Å². The van der Waals surface area contributed by atoms with Gasteiger partial charge in [0.15, 0.2) is 5.79 Å². The first-order valence-corrected chi connectivity index (χ1v) is 3.48. The maximum absolute atomic E-state index is 7.37. The first-order valence-electron chi connectivity index (χ1n) is 5.48. The Balaban J connectivity index is 2.18. The molecule has 2 saturated heterocycles. The fraction of sp³-hybridized carbons (Fsp3) is 1.00. The lowest BCUT2D eigenvalue weighted by Crippen LogP contribution is -2.42. The van der Waals surface area contributed by atoms with Gasteiger partial charge in [0.25, 0.3) is 0 Å². The third-order valence-electron chi connectivity index (χ3n) is 1.88. The highest BCUT2D eigenvalue weighted by Gasteiger charge is 2.37. The van der Waals surface area contributed by atoms with Gasteiger partial charge < -0.3 is 14.8 Å². The topological polar surface area (TPSA) is 30.5 Å². The monoisotopic (exact) mass is 147 g/mol. The van der Waals surface area contributed by atoms with Gasteiger partial charge in [-0.15, -0.1) is 0 Å². The second-order valence-corrected chi connectivity index (χ2v) is 2.57. The molecule has 1 N–H and O–H groups in total. The minimum atomic E-state index is -2.36. The van der Waals surface area contributed by atoms with E-state index in [0.717, 1.165) is 0 Å². The number of ether oxygens (including phenoxy) is 2. The summed E-state index contributed by atoms with van der Waals surface area (Å²) in [4.78, 5) is 0. The lowest BCUT2D eigenvalue weighted by molar-refractivity contribution is -0.172. The average Bonchev–Trinajstić information content (AvgIpc) is 2.18. The molecule has 3 nitrogen and oxygen atoms in total. The van der Waals surface area contributed by atoms with Crippen LogP contribution in [0, 0.1) is 0 Å². The molecule has 58 valence electrons. The van der Waals surface area contributed by atoms with Crippen LogP contribution >= 0.6 is 0 Å².